The van der Waals surface area contributed by atoms with Crippen LogP contribution in [0, 0.1) is 5.82 Å². The molecule has 0 saturated carbocycles. The van der Waals surface area contributed by atoms with E-state index in [9.17, 15) is 14.0 Å². The third-order valence-corrected chi connectivity index (χ3v) is 3.12. The molecule has 0 aliphatic heterocycles. The molecule has 0 heterocycles. The van der Waals surface area contributed by atoms with Crippen LogP contribution in [0.15, 0.2) is 48.5 Å². The van der Waals surface area contributed by atoms with Gasteiger partial charge in [-0.1, -0.05) is 18.2 Å². The van der Waals surface area contributed by atoms with Crippen molar-refractivity contribution in [2.75, 3.05) is 13.2 Å². The Labute approximate surface area is 139 Å². The van der Waals surface area contributed by atoms with E-state index in [1.165, 1.54) is 18.2 Å². The Morgan fingerprint density at radius 1 is 1.12 bits per heavy atom. The lowest BCUT2D eigenvalue weighted by Crippen LogP contribution is -2.28. The molecule has 0 aromatic heterocycles. The molecule has 0 fully saturated rings. The Morgan fingerprint density at radius 3 is 2.58 bits per heavy atom. The predicted octanol–water partition coefficient (Wildman–Crippen LogP) is 2.70. The van der Waals surface area contributed by atoms with Gasteiger partial charge >= 0.3 is 5.97 Å². The van der Waals surface area contributed by atoms with Gasteiger partial charge < -0.3 is 14.8 Å². The molecule has 0 radical (unpaired) electrons. The molecule has 6 heteroatoms. The second kappa shape index (κ2) is 8.67. The van der Waals surface area contributed by atoms with Crippen LogP contribution >= 0.6 is 0 Å². The van der Waals surface area contributed by atoms with E-state index in [-0.39, 0.29) is 31.5 Å². The first-order valence-electron chi connectivity index (χ1n) is 7.49. The van der Waals surface area contributed by atoms with Crippen molar-refractivity contribution in [3.05, 3.63) is 65.5 Å². The topological polar surface area (TPSA) is 64.6 Å². The van der Waals surface area contributed by atoms with Gasteiger partial charge in [0, 0.05) is 6.54 Å². The third kappa shape index (κ3) is 5.39. The lowest BCUT2D eigenvalue weighted by molar-refractivity contribution is -0.123. The normalized spacial score (nSPS) is 10.1. The largest absolute Gasteiger partial charge is 0.484 e. The van der Waals surface area contributed by atoms with Gasteiger partial charge in [0.05, 0.1) is 12.2 Å². The van der Waals surface area contributed by atoms with E-state index in [2.05, 4.69) is 5.32 Å². The molecular formula is C18H18FNO4. The number of amides is 1. The molecule has 5 nitrogen and oxygen atoms in total. The van der Waals surface area contributed by atoms with Crippen molar-refractivity contribution in [2.45, 2.75) is 13.5 Å². The van der Waals surface area contributed by atoms with Crippen LogP contribution in [0.2, 0.25) is 0 Å². The lowest BCUT2D eigenvalue weighted by Gasteiger charge is -2.09. The predicted molar refractivity (Wildman–Crippen MR) is 86.1 cm³/mol. The summed E-state index contributed by atoms with van der Waals surface area (Å²) in [6.45, 7) is 2.11. The van der Waals surface area contributed by atoms with E-state index in [0.717, 1.165) is 5.56 Å². The van der Waals surface area contributed by atoms with Crippen molar-refractivity contribution in [3.8, 4) is 5.75 Å². The zero-order chi connectivity index (χ0) is 17.4. The van der Waals surface area contributed by atoms with Crippen molar-refractivity contribution in [1.82, 2.24) is 5.32 Å². The average Bonchev–Trinajstić information content (AvgIpc) is 2.60. The first kappa shape index (κ1) is 17.5. The summed E-state index contributed by atoms with van der Waals surface area (Å²) in [6, 6.07) is 12.3. The fourth-order valence-corrected chi connectivity index (χ4v) is 1.93. The van der Waals surface area contributed by atoms with Crippen molar-refractivity contribution >= 4 is 11.9 Å². The highest BCUT2D eigenvalue weighted by atomic mass is 19.1. The van der Waals surface area contributed by atoms with E-state index in [4.69, 9.17) is 9.47 Å². The molecule has 0 saturated heterocycles. The number of carbonyl (C=O) groups excluding carboxylic acids is 2. The first-order valence-corrected chi connectivity index (χ1v) is 7.49. The molecule has 0 atom stereocenters. The zero-order valence-corrected chi connectivity index (χ0v) is 13.3. The molecule has 1 amide bonds. The van der Waals surface area contributed by atoms with E-state index < -0.39 is 5.97 Å². The zero-order valence-electron chi connectivity index (χ0n) is 13.3. The van der Waals surface area contributed by atoms with Crippen LogP contribution in [-0.2, 0) is 16.1 Å². The average molecular weight is 331 g/mol. The van der Waals surface area contributed by atoms with Crippen LogP contribution in [-0.4, -0.2) is 25.1 Å². The van der Waals surface area contributed by atoms with Crippen molar-refractivity contribution in [2.24, 2.45) is 0 Å². The Morgan fingerprint density at radius 2 is 1.88 bits per heavy atom. The highest BCUT2D eigenvalue weighted by Gasteiger charge is 2.08. The van der Waals surface area contributed by atoms with Gasteiger partial charge in [-0.3, -0.25) is 4.79 Å². The molecule has 2 rings (SSSR count). The minimum absolute atomic E-state index is 0.187. The summed E-state index contributed by atoms with van der Waals surface area (Å²) >= 11 is 0. The van der Waals surface area contributed by atoms with Crippen LogP contribution in [0.3, 0.4) is 0 Å². The summed E-state index contributed by atoms with van der Waals surface area (Å²) < 4.78 is 23.1. The molecule has 0 aliphatic rings. The number of halogens is 1. The van der Waals surface area contributed by atoms with Crippen LogP contribution in [0.1, 0.15) is 22.8 Å². The van der Waals surface area contributed by atoms with Crippen LogP contribution < -0.4 is 10.1 Å². The van der Waals surface area contributed by atoms with Gasteiger partial charge in [0.15, 0.2) is 6.61 Å². The van der Waals surface area contributed by atoms with Crippen LogP contribution in [0.25, 0.3) is 0 Å². The number of esters is 1. The molecule has 126 valence electrons. The number of nitrogens with one attached hydrogen (secondary N) is 1. The number of carbonyl (C=O) groups is 2. The first-order chi connectivity index (χ1) is 11.6. The van der Waals surface area contributed by atoms with Gasteiger partial charge in [0.25, 0.3) is 5.91 Å². The van der Waals surface area contributed by atoms with Gasteiger partial charge in [-0.15, -0.1) is 0 Å². The second-order valence-electron chi connectivity index (χ2n) is 4.94. The Bertz CT molecular complexity index is 700. The second-order valence-corrected chi connectivity index (χ2v) is 4.94. The lowest BCUT2D eigenvalue weighted by atomic mass is 10.2. The SMILES string of the molecule is CCOC(=O)c1cccc(OCC(=O)NCc2ccc(F)cc2)c1. The van der Waals surface area contributed by atoms with Crippen molar-refractivity contribution in [1.29, 1.82) is 0 Å². The standard InChI is InChI=1S/C18H18FNO4/c1-2-23-18(22)14-4-3-5-16(10-14)24-12-17(21)20-11-13-6-8-15(19)9-7-13/h3-10H,2,11-12H2,1H3,(H,20,21). The fraction of sp³-hybridized carbons (Fsp3) is 0.222. The third-order valence-electron chi connectivity index (χ3n) is 3.12. The summed E-state index contributed by atoms with van der Waals surface area (Å²) in [6.07, 6.45) is 0. The van der Waals surface area contributed by atoms with E-state index >= 15 is 0 Å². The number of hydrogen-bond acceptors (Lipinski definition) is 4. The molecule has 0 spiro atoms. The maximum Gasteiger partial charge on any atom is 0.338 e. The van der Waals surface area contributed by atoms with Crippen LogP contribution in [0.5, 0.6) is 5.75 Å². The van der Waals surface area contributed by atoms with Crippen LogP contribution in [0.4, 0.5) is 4.39 Å². The van der Waals surface area contributed by atoms with Crippen molar-refractivity contribution in [3.63, 3.8) is 0 Å². The molecule has 2 aromatic rings. The Balaban J connectivity index is 1.82. The monoisotopic (exact) mass is 331 g/mol. The maximum absolute atomic E-state index is 12.8. The molecule has 2 aromatic carbocycles. The number of hydrogen-bond donors (Lipinski definition) is 1. The molecule has 1 N–H and O–H groups in total. The molecule has 0 aliphatic carbocycles. The summed E-state index contributed by atoms with van der Waals surface area (Å²) in [5.41, 5.74) is 1.15. The number of ether oxygens (including phenoxy) is 2. The minimum atomic E-state index is -0.441. The summed E-state index contributed by atoms with van der Waals surface area (Å²) in [5, 5.41) is 2.67. The molecule has 0 bridgehead atoms. The van der Waals surface area contributed by atoms with Gasteiger partial charge in [0.1, 0.15) is 11.6 Å². The van der Waals surface area contributed by atoms with Gasteiger partial charge in [-0.25, -0.2) is 9.18 Å². The summed E-state index contributed by atoms with van der Waals surface area (Å²) in [4.78, 5) is 23.4. The van der Waals surface area contributed by atoms with E-state index in [0.29, 0.717) is 11.3 Å². The Hall–Kier alpha value is -2.89. The highest BCUT2D eigenvalue weighted by molar-refractivity contribution is 5.89. The Kier molecular flexibility index (Phi) is 6.31. The maximum atomic E-state index is 12.8. The van der Waals surface area contributed by atoms with Crippen molar-refractivity contribution < 1.29 is 23.5 Å². The minimum Gasteiger partial charge on any atom is -0.484 e. The van der Waals surface area contributed by atoms with Gasteiger partial charge in [0.2, 0.25) is 0 Å². The van der Waals surface area contributed by atoms with E-state index in [1.807, 2.05) is 0 Å². The number of rotatable bonds is 7. The van der Waals surface area contributed by atoms with Gasteiger partial charge in [-0.2, -0.15) is 0 Å². The highest BCUT2D eigenvalue weighted by Crippen LogP contribution is 2.14. The summed E-state index contributed by atoms with van der Waals surface area (Å²) in [5.74, 6) is -0.683. The quantitative estimate of drug-likeness (QED) is 0.792. The van der Waals surface area contributed by atoms with Gasteiger partial charge in [-0.05, 0) is 42.8 Å². The smallest absolute Gasteiger partial charge is 0.338 e. The molecule has 24 heavy (non-hydrogen) atoms. The molecular weight excluding hydrogens is 313 g/mol. The number of benzene rings is 2. The van der Waals surface area contributed by atoms with E-state index in [1.54, 1.807) is 37.3 Å². The molecule has 0 unspecified atom stereocenters. The summed E-state index contributed by atoms with van der Waals surface area (Å²) in [7, 11) is 0. The fourth-order valence-electron chi connectivity index (χ4n) is 1.93.